The fourth-order valence-electron chi connectivity index (χ4n) is 7.21. The van der Waals surface area contributed by atoms with Crippen LogP contribution >= 0.6 is 0 Å². The smallest absolute Gasteiger partial charge is 0.306 e. The van der Waals surface area contributed by atoms with E-state index < -0.39 is 6.10 Å². The Labute approximate surface area is 424 Å². The number of esters is 3. The molecule has 6 nitrogen and oxygen atoms in total. The molecular weight excluding hydrogens is 853 g/mol. The quantitative estimate of drug-likeness (QED) is 0.0262. The normalized spacial score (nSPS) is 13.0. The Morgan fingerprint density at radius 1 is 0.304 bits per heavy atom. The molecule has 0 aromatic rings. The Morgan fingerprint density at radius 2 is 0.565 bits per heavy atom. The highest BCUT2D eigenvalue weighted by atomic mass is 16.6. The first kappa shape index (κ1) is 64.8. The van der Waals surface area contributed by atoms with E-state index in [0.29, 0.717) is 19.3 Å². The second-order valence-corrected chi connectivity index (χ2v) is 18.1. The zero-order valence-corrected chi connectivity index (χ0v) is 44.5. The molecule has 69 heavy (non-hydrogen) atoms. The van der Waals surface area contributed by atoms with E-state index in [-0.39, 0.29) is 31.1 Å². The number of allylic oxidation sites excluding steroid dienone is 20. The van der Waals surface area contributed by atoms with Crippen LogP contribution in [0.3, 0.4) is 0 Å². The fraction of sp³-hybridized carbons (Fsp3) is 0.635. The molecule has 0 heterocycles. The van der Waals surface area contributed by atoms with Gasteiger partial charge in [0.05, 0.1) is 0 Å². The molecule has 0 aliphatic rings. The third-order valence-electron chi connectivity index (χ3n) is 11.4. The average Bonchev–Trinajstić information content (AvgIpc) is 3.35. The Hall–Kier alpha value is -4.19. The second-order valence-electron chi connectivity index (χ2n) is 18.1. The van der Waals surface area contributed by atoms with Crippen molar-refractivity contribution in [3.05, 3.63) is 122 Å². The molecule has 0 aromatic heterocycles. The number of ether oxygens (including phenoxy) is 3. The standard InChI is InChI=1S/C63H102O6/c1-4-7-10-13-16-19-22-25-28-30-31-33-35-38-41-44-47-50-53-56-62(65)68-59-60(58-67-61(64)55-52-49-46-43-40-37-34-27-24-21-18-15-12-9-6-3)69-63(66)57-54-51-48-45-42-39-36-32-29-26-23-20-17-14-11-8-5-2/h7,10,16-21,25-29,31,33-34,38,40-41,43,60H,4-6,8-9,11-15,22-24,30,32,35-37,39,42,44-59H2,1-3H3/b10-7-,19-16-,20-17-,21-18-,28-25-,29-26-,33-31-,34-27-,41-38-,43-40-/t60-/m0/s1. The van der Waals surface area contributed by atoms with Crippen LogP contribution in [0, 0.1) is 0 Å². The van der Waals surface area contributed by atoms with Crippen LogP contribution in [0.15, 0.2) is 122 Å². The van der Waals surface area contributed by atoms with Gasteiger partial charge < -0.3 is 14.2 Å². The van der Waals surface area contributed by atoms with Gasteiger partial charge in [-0.25, -0.2) is 0 Å². The van der Waals surface area contributed by atoms with Crippen LogP contribution in [0.1, 0.15) is 239 Å². The summed E-state index contributed by atoms with van der Waals surface area (Å²) in [5.41, 5.74) is 0. The van der Waals surface area contributed by atoms with Gasteiger partial charge >= 0.3 is 17.9 Å². The van der Waals surface area contributed by atoms with Crippen molar-refractivity contribution in [2.24, 2.45) is 0 Å². The van der Waals surface area contributed by atoms with Gasteiger partial charge in [0.15, 0.2) is 6.10 Å². The number of hydrogen-bond donors (Lipinski definition) is 0. The summed E-state index contributed by atoms with van der Waals surface area (Å²) < 4.78 is 16.8. The number of carbonyl (C=O) groups is 3. The molecule has 0 rings (SSSR count). The van der Waals surface area contributed by atoms with Gasteiger partial charge in [-0.1, -0.05) is 206 Å². The Bertz CT molecular complexity index is 1470. The zero-order chi connectivity index (χ0) is 50.0. The number of rotatable bonds is 49. The van der Waals surface area contributed by atoms with Gasteiger partial charge in [-0.05, 0) is 135 Å². The van der Waals surface area contributed by atoms with E-state index in [0.717, 1.165) is 122 Å². The third kappa shape index (κ3) is 54.6. The summed E-state index contributed by atoms with van der Waals surface area (Å²) in [4.78, 5) is 38.1. The lowest BCUT2D eigenvalue weighted by molar-refractivity contribution is -0.167. The lowest BCUT2D eigenvalue weighted by Gasteiger charge is -2.18. The Kier molecular flexibility index (Phi) is 53.0. The van der Waals surface area contributed by atoms with Crippen LogP contribution in [0.2, 0.25) is 0 Å². The monoisotopic (exact) mass is 955 g/mol. The van der Waals surface area contributed by atoms with Crippen LogP contribution in [-0.4, -0.2) is 37.2 Å². The molecule has 0 spiro atoms. The van der Waals surface area contributed by atoms with E-state index >= 15 is 0 Å². The molecule has 0 unspecified atom stereocenters. The van der Waals surface area contributed by atoms with Gasteiger partial charge in [0.2, 0.25) is 0 Å². The van der Waals surface area contributed by atoms with E-state index in [4.69, 9.17) is 14.2 Å². The molecule has 0 saturated heterocycles. The highest BCUT2D eigenvalue weighted by molar-refractivity contribution is 5.71. The zero-order valence-electron chi connectivity index (χ0n) is 44.5. The van der Waals surface area contributed by atoms with Crippen molar-refractivity contribution in [1.82, 2.24) is 0 Å². The van der Waals surface area contributed by atoms with Crippen LogP contribution in [0.4, 0.5) is 0 Å². The van der Waals surface area contributed by atoms with Crippen LogP contribution in [0.25, 0.3) is 0 Å². The molecule has 0 aliphatic heterocycles. The third-order valence-corrected chi connectivity index (χ3v) is 11.4. The lowest BCUT2D eigenvalue weighted by atomic mass is 10.1. The minimum atomic E-state index is -0.816. The minimum Gasteiger partial charge on any atom is -0.462 e. The average molecular weight is 956 g/mol. The Morgan fingerprint density at radius 3 is 0.928 bits per heavy atom. The highest BCUT2D eigenvalue weighted by Gasteiger charge is 2.19. The van der Waals surface area contributed by atoms with Gasteiger partial charge in [0, 0.05) is 19.3 Å². The maximum Gasteiger partial charge on any atom is 0.306 e. The fourth-order valence-corrected chi connectivity index (χ4v) is 7.21. The molecule has 0 amide bonds. The summed E-state index contributed by atoms with van der Waals surface area (Å²) in [5.74, 6) is -0.993. The van der Waals surface area contributed by atoms with Gasteiger partial charge in [-0.15, -0.1) is 0 Å². The first-order chi connectivity index (χ1) is 34.0. The molecule has 0 bridgehead atoms. The summed E-state index contributed by atoms with van der Waals surface area (Å²) in [7, 11) is 0. The first-order valence-electron chi connectivity index (χ1n) is 28.0. The van der Waals surface area contributed by atoms with Gasteiger partial charge in [-0.3, -0.25) is 14.4 Å². The van der Waals surface area contributed by atoms with Crippen LogP contribution < -0.4 is 0 Å². The predicted octanol–water partition coefficient (Wildman–Crippen LogP) is 18.9. The van der Waals surface area contributed by atoms with Crippen molar-refractivity contribution < 1.29 is 28.6 Å². The molecule has 1 atom stereocenters. The van der Waals surface area contributed by atoms with Crippen molar-refractivity contribution in [2.75, 3.05) is 13.2 Å². The molecule has 0 aliphatic carbocycles. The van der Waals surface area contributed by atoms with Gasteiger partial charge in [-0.2, -0.15) is 0 Å². The van der Waals surface area contributed by atoms with Crippen molar-refractivity contribution in [3.63, 3.8) is 0 Å². The van der Waals surface area contributed by atoms with Crippen molar-refractivity contribution >= 4 is 17.9 Å². The molecular formula is C63H102O6. The Balaban J connectivity index is 4.54. The number of carbonyl (C=O) groups excluding carboxylic acids is 3. The lowest BCUT2D eigenvalue weighted by Crippen LogP contribution is -2.30. The predicted molar refractivity (Wildman–Crippen MR) is 297 cm³/mol. The molecule has 0 N–H and O–H groups in total. The van der Waals surface area contributed by atoms with Gasteiger partial charge in [0.25, 0.3) is 0 Å². The largest absolute Gasteiger partial charge is 0.462 e. The second kappa shape index (κ2) is 56.4. The maximum atomic E-state index is 12.8. The topological polar surface area (TPSA) is 78.9 Å². The molecule has 390 valence electrons. The van der Waals surface area contributed by atoms with E-state index in [1.807, 2.05) is 0 Å². The van der Waals surface area contributed by atoms with Crippen molar-refractivity contribution in [1.29, 1.82) is 0 Å². The van der Waals surface area contributed by atoms with E-state index in [1.54, 1.807) is 0 Å². The van der Waals surface area contributed by atoms with E-state index in [2.05, 4.69) is 142 Å². The summed E-state index contributed by atoms with van der Waals surface area (Å²) >= 11 is 0. The molecule has 0 aromatic carbocycles. The van der Waals surface area contributed by atoms with Gasteiger partial charge in [0.1, 0.15) is 13.2 Å². The molecule has 0 saturated carbocycles. The molecule has 0 radical (unpaired) electrons. The first-order valence-corrected chi connectivity index (χ1v) is 28.0. The molecule has 6 heteroatoms. The maximum absolute atomic E-state index is 12.8. The SMILES string of the molecule is CC/C=C\C/C=C\C/C=C\C/C=C\C/C=C\CCCCCC(=O)OC[C@H](COC(=O)CCCC/C=C\C/C=C\C/C=C\CCCCC)OC(=O)CCCCCCCCC/C=C\C/C=C\CCCCC. The summed E-state index contributed by atoms with van der Waals surface area (Å²) in [5, 5.41) is 0. The highest BCUT2D eigenvalue weighted by Crippen LogP contribution is 2.13. The number of unbranched alkanes of at least 4 members (excludes halogenated alkanes) is 18. The number of hydrogen-bond acceptors (Lipinski definition) is 6. The van der Waals surface area contributed by atoms with Crippen molar-refractivity contribution in [2.45, 2.75) is 245 Å². The van der Waals surface area contributed by atoms with Crippen LogP contribution in [0.5, 0.6) is 0 Å². The summed E-state index contributed by atoms with van der Waals surface area (Å²) in [6.45, 7) is 6.40. The summed E-state index contributed by atoms with van der Waals surface area (Å²) in [6, 6.07) is 0. The van der Waals surface area contributed by atoms with Crippen LogP contribution in [-0.2, 0) is 28.6 Å². The summed E-state index contributed by atoms with van der Waals surface area (Å²) in [6.07, 6.45) is 77.5. The molecule has 0 fully saturated rings. The van der Waals surface area contributed by atoms with E-state index in [9.17, 15) is 14.4 Å². The van der Waals surface area contributed by atoms with Crippen molar-refractivity contribution in [3.8, 4) is 0 Å². The minimum absolute atomic E-state index is 0.114. The van der Waals surface area contributed by atoms with E-state index in [1.165, 1.54) is 77.0 Å².